The molecule has 1 aliphatic rings. The second-order valence-corrected chi connectivity index (χ2v) is 5.46. The summed E-state index contributed by atoms with van der Waals surface area (Å²) in [4.78, 5) is 31.9. The molecule has 1 aliphatic carbocycles. The molecule has 7 heteroatoms. The zero-order chi connectivity index (χ0) is 15.5. The lowest BCUT2D eigenvalue weighted by Gasteiger charge is -2.07. The number of hydrogen-bond acceptors (Lipinski definition) is 5. The lowest BCUT2D eigenvalue weighted by atomic mass is 10.2. The van der Waals surface area contributed by atoms with Crippen molar-refractivity contribution >= 4 is 5.91 Å². The fourth-order valence-corrected chi connectivity index (χ4v) is 2.16. The van der Waals surface area contributed by atoms with E-state index in [1.807, 2.05) is 6.07 Å². The van der Waals surface area contributed by atoms with E-state index in [4.69, 9.17) is 0 Å². The van der Waals surface area contributed by atoms with Crippen LogP contribution in [-0.2, 0) is 17.9 Å². The van der Waals surface area contributed by atoms with Crippen LogP contribution in [0.2, 0.25) is 0 Å². The summed E-state index contributed by atoms with van der Waals surface area (Å²) < 4.78 is 1.15. The Hall–Kier alpha value is -2.57. The van der Waals surface area contributed by atoms with Crippen molar-refractivity contribution in [2.45, 2.75) is 38.8 Å². The van der Waals surface area contributed by atoms with E-state index in [1.165, 1.54) is 25.2 Å². The number of carbonyl (C=O) groups is 1. The van der Waals surface area contributed by atoms with Gasteiger partial charge in [-0.1, -0.05) is 0 Å². The number of nitrogens with zero attached hydrogens (tertiary/aromatic N) is 4. The maximum atomic E-state index is 11.9. The average molecular weight is 299 g/mol. The van der Waals surface area contributed by atoms with Gasteiger partial charge < -0.3 is 5.32 Å². The molecule has 2 aromatic rings. The van der Waals surface area contributed by atoms with Gasteiger partial charge in [-0.2, -0.15) is 5.10 Å². The first kappa shape index (κ1) is 14.4. The molecule has 0 radical (unpaired) electrons. The van der Waals surface area contributed by atoms with Crippen molar-refractivity contribution in [2.75, 3.05) is 0 Å². The molecule has 0 spiro atoms. The van der Waals surface area contributed by atoms with Crippen LogP contribution in [0.1, 0.15) is 35.8 Å². The first-order valence-electron chi connectivity index (χ1n) is 7.24. The zero-order valence-corrected chi connectivity index (χ0v) is 12.3. The highest BCUT2D eigenvalue weighted by Crippen LogP contribution is 2.38. The number of amides is 1. The molecule has 1 amide bonds. The van der Waals surface area contributed by atoms with Gasteiger partial charge in [0, 0.05) is 17.7 Å². The highest BCUT2D eigenvalue weighted by atomic mass is 16.2. The molecule has 1 N–H and O–H groups in total. The van der Waals surface area contributed by atoms with E-state index in [2.05, 4.69) is 20.4 Å². The fraction of sp³-hybridized carbons (Fsp3) is 0.400. The SMILES string of the molecule is Cc1ccc(=O)n(CC(=O)NCc2cc(C3CC3)ncn2)n1. The normalized spacial score (nSPS) is 13.9. The predicted octanol–water partition coefficient (Wildman–Crippen LogP) is 0.536. The minimum Gasteiger partial charge on any atom is -0.349 e. The molecule has 1 fully saturated rings. The van der Waals surface area contributed by atoms with Crippen molar-refractivity contribution < 1.29 is 4.79 Å². The predicted molar refractivity (Wildman–Crippen MR) is 79.1 cm³/mol. The van der Waals surface area contributed by atoms with E-state index in [0.717, 1.165) is 16.1 Å². The number of aryl methyl sites for hydroxylation is 1. The van der Waals surface area contributed by atoms with Gasteiger partial charge in [0.05, 0.1) is 17.9 Å². The van der Waals surface area contributed by atoms with Crippen LogP contribution in [0.4, 0.5) is 0 Å². The van der Waals surface area contributed by atoms with Gasteiger partial charge in [0.25, 0.3) is 5.56 Å². The van der Waals surface area contributed by atoms with Gasteiger partial charge in [-0.15, -0.1) is 0 Å². The molecule has 0 saturated heterocycles. The first-order valence-corrected chi connectivity index (χ1v) is 7.24. The van der Waals surface area contributed by atoms with Gasteiger partial charge in [-0.25, -0.2) is 14.6 Å². The second kappa shape index (κ2) is 6.05. The highest BCUT2D eigenvalue weighted by Gasteiger charge is 2.25. The lowest BCUT2D eigenvalue weighted by molar-refractivity contribution is -0.122. The molecule has 1 saturated carbocycles. The summed E-state index contributed by atoms with van der Waals surface area (Å²) in [7, 11) is 0. The Bertz CT molecular complexity index is 752. The van der Waals surface area contributed by atoms with Crippen LogP contribution in [0, 0.1) is 6.92 Å². The molecule has 22 heavy (non-hydrogen) atoms. The van der Waals surface area contributed by atoms with Crippen molar-refractivity contribution in [3.8, 4) is 0 Å². The van der Waals surface area contributed by atoms with E-state index in [-0.39, 0.29) is 18.0 Å². The Morgan fingerprint density at radius 3 is 2.95 bits per heavy atom. The molecule has 0 aliphatic heterocycles. The zero-order valence-electron chi connectivity index (χ0n) is 12.3. The smallest absolute Gasteiger partial charge is 0.267 e. The van der Waals surface area contributed by atoms with Crippen LogP contribution in [0.25, 0.3) is 0 Å². The maximum Gasteiger partial charge on any atom is 0.267 e. The molecule has 114 valence electrons. The summed E-state index contributed by atoms with van der Waals surface area (Å²) in [5.74, 6) is 0.277. The van der Waals surface area contributed by atoms with Gasteiger partial charge in [0.1, 0.15) is 12.9 Å². The minimum atomic E-state index is -0.293. The molecule has 3 rings (SSSR count). The maximum absolute atomic E-state index is 11.9. The Labute approximate surface area is 127 Å². The summed E-state index contributed by atoms with van der Waals surface area (Å²) in [6.45, 7) is 2.00. The quantitative estimate of drug-likeness (QED) is 0.870. The topological polar surface area (TPSA) is 89.8 Å². The number of carbonyl (C=O) groups excluding carboxylic acids is 1. The Morgan fingerprint density at radius 1 is 1.36 bits per heavy atom. The van der Waals surface area contributed by atoms with Crippen molar-refractivity contribution in [3.05, 3.63) is 52.0 Å². The molecule has 7 nitrogen and oxygen atoms in total. The van der Waals surface area contributed by atoms with E-state index in [9.17, 15) is 9.59 Å². The standard InChI is InChI=1S/C15H17N5O2/c1-10-2-5-15(22)20(19-10)8-14(21)16-7-12-6-13(11-3-4-11)18-9-17-12/h2,5-6,9,11H,3-4,7-8H2,1H3,(H,16,21). The van der Waals surface area contributed by atoms with E-state index in [0.29, 0.717) is 18.2 Å². The number of nitrogens with one attached hydrogen (secondary N) is 1. The molecular weight excluding hydrogens is 282 g/mol. The van der Waals surface area contributed by atoms with E-state index < -0.39 is 0 Å². The van der Waals surface area contributed by atoms with E-state index >= 15 is 0 Å². The van der Waals surface area contributed by atoms with E-state index in [1.54, 1.807) is 13.0 Å². The molecule has 0 aromatic carbocycles. The van der Waals surface area contributed by atoms with Crippen molar-refractivity contribution in [3.63, 3.8) is 0 Å². The third-order valence-electron chi connectivity index (χ3n) is 3.50. The van der Waals surface area contributed by atoms with Crippen LogP contribution < -0.4 is 10.9 Å². The number of aromatic nitrogens is 4. The van der Waals surface area contributed by atoms with Crippen LogP contribution in [0.5, 0.6) is 0 Å². The van der Waals surface area contributed by atoms with Crippen LogP contribution in [0.3, 0.4) is 0 Å². The van der Waals surface area contributed by atoms with Gasteiger partial charge in [-0.05, 0) is 31.9 Å². The van der Waals surface area contributed by atoms with Gasteiger partial charge in [-0.3, -0.25) is 9.59 Å². The monoisotopic (exact) mass is 299 g/mol. The second-order valence-electron chi connectivity index (χ2n) is 5.46. The average Bonchev–Trinajstić information content (AvgIpc) is 3.34. The molecule has 2 aromatic heterocycles. The molecular formula is C15H17N5O2. The highest BCUT2D eigenvalue weighted by molar-refractivity contribution is 5.75. The molecule has 0 atom stereocenters. The molecule has 2 heterocycles. The Morgan fingerprint density at radius 2 is 2.18 bits per heavy atom. The summed E-state index contributed by atoms with van der Waals surface area (Å²) in [6, 6.07) is 4.95. The van der Waals surface area contributed by atoms with Gasteiger partial charge >= 0.3 is 0 Å². The van der Waals surface area contributed by atoms with Gasteiger partial charge in [0.15, 0.2) is 0 Å². The third kappa shape index (κ3) is 3.55. The largest absolute Gasteiger partial charge is 0.349 e. The summed E-state index contributed by atoms with van der Waals surface area (Å²) in [5.41, 5.74) is 2.21. The summed E-state index contributed by atoms with van der Waals surface area (Å²) in [5, 5.41) is 6.78. The Kier molecular flexibility index (Phi) is 3.95. The Balaban J connectivity index is 1.59. The number of rotatable bonds is 5. The van der Waals surface area contributed by atoms with Crippen molar-refractivity contribution in [2.24, 2.45) is 0 Å². The fourth-order valence-electron chi connectivity index (χ4n) is 2.16. The minimum absolute atomic E-state index is 0.0962. The summed E-state index contributed by atoms with van der Waals surface area (Å²) >= 11 is 0. The lowest BCUT2D eigenvalue weighted by Crippen LogP contribution is -2.33. The van der Waals surface area contributed by atoms with Crippen LogP contribution in [-0.4, -0.2) is 25.7 Å². The molecule has 0 bridgehead atoms. The molecule has 0 unspecified atom stereocenters. The van der Waals surface area contributed by atoms with Gasteiger partial charge in [0.2, 0.25) is 5.91 Å². The van der Waals surface area contributed by atoms with Crippen molar-refractivity contribution in [1.29, 1.82) is 0 Å². The van der Waals surface area contributed by atoms with Crippen LogP contribution in [0.15, 0.2) is 29.3 Å². The van der Waals surface area contributed by atoms with Crippen LogP contribution >= 0.6 is 0 Å². The first-order chi connectivity index (χ1) is 10.6. The summed E-state index contributed by atoms with van der Waals surface area (Å²) in [6.07, 6.45) is 3.87. The third-order valence-corrected chi connectivity index (χ3v) is 3.50. The number of hydrogen-bond donors (Lipinski definition) is 1. The van der Waals surface area contributed by atoms with Crippen molar-refractivity contribution in [1.82, 2.24) is 25.1 Å².